The monoisotopic (exact) mass is 242 g/mol. The van der Waals surface area contributed by atoms with Crippen molar-refractivity contribution in [1.29, 1.82) is 0 Å². The molecule has 0 radical (unpaired) electrons. The number of hydrogen-bond acceptors (Lipinski definition) is 4. The highest BCUT2D eigenvalue weighted by atomic mass is 16.6. The molecule has 0 aliphatic carbocycles. The lowest BCUT2D eigenvalue weighted by Gasteiger charge is -2.16. The van der Waals surface area contributed by atoms with E-state index in [0.717, 1.165) is 0 Å². The van der Waals surface area contributed by atoms with Gasteiger partial charge in [0.2, 0.25) is 0 Å². The number of aliphatic imine (C=N–C) groups is 2. The fraction of sp³-hybridized carbons (Fsp3) is 0.727. The summed E-state index contributed by atoms with van der Waals surface area (Å²) in [6.07, 6.45) is -1.71. The number of hydrogen-bond donors (Lipinski definition) is 0. The van der Waals surface area contributed by atoms with E-state index in [2.05, 4.69) is 9.98 Å². The van der Waals surface area contributed by atoms with Gasteiger partial charge in [0.05, 0.1) is 0 Å². The van der Waals surface area contributed by atoms with Gasteiger partial charge in [-0.3, -0.25) is 0 Å². The van der Waals surface area contributed by atoms with Crippen molar-refractivity contribution in [3.8, 4) is 0 Å². The Kier molecular flexibility index (Phi) is 5.04. The van der Waals surface area contributed by atoms with Gasteiger partial charge in [-0.25, -0.2) is 9.59 Å². The quantitative estimate of drug-likeness (QED) is 0.611. The smallest absolute Gasteiger partial charge is 0.442 e. The molecule has 0 rings (SSSR count). The average molecular weight is 242 g/mol. The van der Waals surface area contributed by atoms with Crippen LogP contribution in [0.2, 0.25) is 0 Å². The number of ether oxygens (including phenoxy) is 2. The molecule has 0 aromatic heterocycles. The molecule has 0 aliphatic heterocycles. The Morgan fingerprint density at radius 1 is 0.824 bits per heavy atom. The third kappa shape index (κ3) is 10.6. The molecule has 0 aromatic rings. The Hall–Kier alpha value is -1.68. The molecule has 6 nitrogen and oxygen atoms in total. The van der Waals surface area contributed by atoms with Gasteiger partial charge in [-0.05, 0) is 41.5 Å². The van der Waals surface area contributed by atoms with Crippen molar-refractivity contribution < 1.29 is 19.1 Å². The van der Waals surface area contributed by atoms with Gasteiger partial charge in [0.25, 0.3) is 0 Å². The van der Waals surface area contributed by atoms with Crippen LogP contribution in [0.5, 0.6) is 0 Å². The van der Waals surface area contributed by atoms with Gasteiger partial charge in [-0.1, -0.05) is 0 Å². The van der Waals surface area contributed by atoms with Gasteiger partial charge in [0.15, 0.2) is 0 Å². The lowest BCUT2D eigenvalue weighted by atomic mass is 10.2. The first kappa shape index (κ1) is 15.3. The molecule has 0 fully saturated rings. The topological polar surface area (TPSA) is 77.3 Å². The van der Waals surface area contributed by atoms with E-state index in [-0.39, 0.29) is 0 Å². The number of nitrogens with zero attached hydrogens (tertiary/aromatic N) is 2. The maximum Gasteiger partial charge on any atom is 0.443 e. The molecule has 0 saturated heterocycles. The molecule has 0 heterocycles. The molecule has 17 heavy (non-hydrogen) atoms. The van der Waals surface area contributed by atoms with Gasteiger partial charge < -0.3 is 9.47 Å². The van der Waals surface area contributed by atoms with Crippen molar-refractivity contribution in [2.75, 3.05) is 0 Å². The highest BCUT2D eigenvalue weighted by Gasteiger charge is 2.16. The molecule has 0 bridgehead atoms. The van der Waals surface area contributed by atoms with E-state index in [1.54, 1.807) is 41.5 Å². The van der Waals surface area contributed by atoms with E-state index >= 15 is 0 Å². The molecule has 0 spiro atoms. The van der Waals surface area contributed by atoms with Crippen LogP contribution < -0.4 is 0 Å². The molecule has 6 heteroatoms. The zero-order chi connectivity index (χ0) is 13.7. The maximum atomic E-state index is 11.1. The average Bonchev–Trinajstić information content (AvgIpc) is 1.95. The predicted molar refractivity (Wildman–Crippen MR) is 62.3 cm³/mol. The first-order valence-electron chi connectivity index (χ1n) is 5.12. The van der Waals surface area contributed by atoms with Gasteiger partial charge >= 0.3 is 12.2 Å². The molecule has 0 aliphatic rings. The second-order valence-corrected chi connectivity index (χ2v) is 5.28. The van der Waals surface area contributed by atoms with Crippen molar-refractivity contribution in [3.63, 3.8) is 0 Å². The zero-order valence-electron chi connectivity index (χ0n) is 11.0. The molecular formula is C11H18N2O4. The van der Waals surface area contributed by atoms with Gasteiger partial charge in [-0.2, -0.15) is 0 Å². The van der Waals surface area contributed by atoms with Gasteiger partial charge in [0.1, 0.15) is 17.2 Å². The lowest BCUT2D eigenvalue weighted by molar-refractivity contribution is 0.0603. The summed E-state index contributed by atoms with van der Waals surface area (Å²) >= 11 is 0. The van der Waals surface area contributed by atoms with Crippen LogP contribution in [0.25, 0.3) is 0 Å². The van der Waals surface area contributed by atoms with Crippen LogP contribution in [0, 0.1) is 0 Å². The highest BCUT2D eigenvalue weighted by molar-refractivity contribution is 5.81. The number of amides is 2. The third-order valence-corrected chi connectivity index (χ3v) is 1.07. The predicted octanol–water partition coefficient (Wildman–Crippen LogP) is 3.03. The van der Waals surface area contributed by atoms with Gasteiger partial charge in [0, 0.05) is 0 Å². The molecular weight excluding hydrogens is 224 g/mol. The second kappa shape index (κ2) is 5.59. The van der Waals surface area contributed by atoms with Crippen molar-refractivity contribution >= 4 is 18.2 Å². The minimum absolute atomic E-state index is 0.645. The molecule has 0 atom stereocenters. The molecule has 2 amide bonds. The fourth-order valence-electron chi connectivity index (χ4n) is 0.676. The third-order valence-electron chi connectivity index (χ3n) is 1.07. The van der Waals surface area contributed by atoms with E-state index in [1.165, 1.54) is 0 Å². The Bertz CT molecular complexity index is 323. The van der Waals surface area contributed by atoms with Crippen LogP contribution >= 0.6 is 0 Å². The molecule has 0 unspecified atom stereocenters. The fourth-order valence-corrected chi connectivity index (χ4v) is 0.676. The molecule has 0 aromatic carbocycles. The Morgan fingerprint density at radius 2 is 1.12 bits per heavy atom. The van der Waals surface area contributed by atoms with Crippen LogP contribution in [0.1, 0.15) is 41.5 Å². The largest absolute Gasteiger partial charge is 0.443 e. The summed E-state index contributed by atoms with van der Waals surface area (Å²) in [6.45, 7) is 10.2. The molecule has 0 saturated carbocycles. The van der Waals surface area contributed by atoms with Crippen LogP contribution in [-0.2, 0) is 9.47 Å². The standard InChI is InChI=1S/C11H18N2O4/c1-10(2,3)16-8(14)12-7-13-9(15)17-11(4,5)6/h1-6H3. The highest BCUT2D eigenvalue weighted by Crippen LogP contribution is 2.08. The van der Waals surface area contributed by atoms with Crippen molar-refractivity contribution in [1.82, 2.24) is 0 Å². The normalized spacial score (nSPS) is 11.2. The van der Waals surface area contributed by atoms with Gasteiger partial charge in [-0.15, -0.1) is 9.98 Å². The first-order chi connectivity index (χ1) is 7.49. The SMILES string of the molecule is CC(C)(C)OC(=O)N=C=NC(=O)OC(C)(C)C. The molecule has 96 valence electrons. The summed E-state index contributed by atoms with van der Waals surface area (Å²) in [5.74, 6) is 0. The Labute approximate surface area is 101 Å². The molecule has 0 N–H and O–H groups in total. The second-order valence-electron chi connectivity index (χ2n) is 5.28. The minimum Gasteiger partial charge on any atom is -0.442 e. The van der Waals surface area contributed by atoms with E-state index < -0.39 is 23.4 Å². The maximum absolute atomic E-state index is 11.1. The van der Waals surface area contributed by atoms with Crippen LogP contribution in [0.15, 0.2) is 9.98 Å². The zero-order valence-corrected chi connectivity index (χ0v) is 11.0. The lowest BCUT2D eigenvalue weighted by Crippen LogP contribution is -2.22. The summed E-state index contributed by atoms with van der Waals surface area (Å²) in [4.78, 5) is 28.5. The Balaban J connectivity index is 4.34. The van der Waals surface area contributed by atoms with E-state index in [1.807, 2.05) is 6.01 Å². The van der Waals surface area contributed by atoms with E-state index in [9.17, 15) is 9.59 Å². The summed E-state index contributed by atoms with van der Waals surface area (Å²) in [6, 6.07) is 1.93. The van der Waals surface area contributed by atoms with Crippen LogP contribution in [0.4, 0.5) is 9.59 Å². The Morgan fingerprint density at radius 3 is 1.35 bits per heavy atom. The summed E-state index contributed by atoms with van der Waals surface area (Å²) in [7, 11) is 0. The van der Waals surface area contributed by atoms with Crippen LogP contribution in [0.3, 0.4) is 0 Å². The van der Waals surface area contributed by atoms with Crippen molar-refractivity contribution in [2.45, 2.75) is 52.7 Å². The number of carbonyl (C=O) groups is 2. The first-order valence-corrected chi connectivity index (χ1v) is 5.12. The van der Waals surface area contributed by atoms with Crippen molar-refractivity contribution in [2.24, 2.45) is 9.98 Å². The summed E-state index contributed by atoms with van der Waals surface area (Å²) in [5.41, 5.74) is -1.29. The van der Waals surface area contributed by atoms with Crippen molar-refractivity contribution in [3.05, 3.63) is 0 Å². The van der Waals surface area contributed by atoms with E-state index in [0.29, 0.717) is 0 Å². The summed E-state index contributed by atoms with van der Waals surface area (Å²) in [5, 5.41) is 0. The van der Waals surface area contributed by atoms with Crippen LogP contribution in [-0.4, -0.2) is 29.4 Å². The minimum atomic E-state index is -0.857. The number of rotatable bonds is 0. The summed E-state index contributed by atoms with van der Waals surface area (Å²) < 4.78 is 9.68. The number of carbonyl (C=O) groups excluding carboxylic acids is 2. The van der Waals surface area contributed by atoms with E-state index in [4.69, 9.17) is 9.47 Å².